The van der Waals surface area contributed by atoms with Gasteiger partial charge >= 0.3 is 0 Å². The minimum Gasteiger partial charge on any atom is -0.133 e. The van der Waals surface area contributed by atoms with Crippen LogP contribution in [-0.4, -0.2) is 0 Å². The molecule has 26 heavy (non-hydrogen) atoms. The lowest BCUT2D eigenvalue weighted by atomic mass is 9.96. The first-order valence-corrected chi connectivity index (χ1v) is 12.1. The summed E-state index contributed by atoms with van der Waals surface area (Å²) in [6.07, 6.45) is 3.96. The van der Waals surface area contributed by atoms with Crippen LogP contribution in [0.2, 0.25) is 0 Å². The van der Waals surface area contributed by atoms with E-state index in [4.69, 9.17) is 0 Å². The van der Waals surface area contributed by atoms with Gasteiger partial charge < -0.3 is 0 Å². The summed E-state index contributed by atoms with van der Waals surface area (Å²) in [5.74, 6) is 0. The fourth-order valence-electron chi connectivity index (χ4n) is 3.19. The average molecular weight is 414 g/mol. The quantitative estimate of drug-likeness (QED) is 0.403. The van der Waals surface area contributed by atoms with E-state index in [0.717, 1.165) is 24.6 Å². The van der Waals surface area contributed by atoms with E-state index >= 15 is 0 Å². The van der Waals surface area contributed by atoms with Crippen LogP contribution in [0.3, 0.4) is 0 Å². The van der Waals surface area contributed by atoms with Crippen molar-refractivity contribution in [2.24, 2.45) is 0 Å². The maximum absolute atomic E-state index is 2.83. The van der Waals surface area contributed by atoms with Crippen molar-refractivity contribution in [1.29, 1.82) is 0 Å². The lowest BCUT2D eigenvalue weighted by Crippen LogP contribution is -1.89. The highest BCUT2D eigenvalue weighted by molar-refractivity contribution is 7.16. The molecule has 3 rings (SSSR count). The second kappa shape index (κ2) is 9.54. The largest absolute Gasteiger partial charge is 0.133 e. The van der Waals surface area contributed by atoms with Gasteiger partial charge in [0.2, 0.25) is 0 Å². The van der Waals surface area contributed by atoms with Crippen LogP contribution < -0.4 is 0 Å². The Hall–Kier alpha value is -0.620. The third-order valence-corrected chi connectivity index (χ3v) is 6.49. The zero-order valence-electron chi connectivity index (χ0n) is 14.9. The van der Waals surface area contributed by atoms with Crippen LogP contribution in [0.4, 0.5) is 0 Å². The van der Waals surface area contributed by atoms with Gasteiger partial charge in [0.05, 0.1) is 0 Å². The van der Waals surface area contributed by atoms with Crippen molar-refractivity contribution in [1.82, 2.24) is 0 Å². The number of hydrogen-bond donors (Lipinski definition) is 0. The highest BCUT2D eigenvalue weighted by Gasteiger charge is 2.05. The maximum Gasteiger partial charge on any atom is -0.0128 e. The fraction of sp³-hybridized carbons (Fsp3) is 0.182. The van der Waals surface area contributed by atoms with E-state index in [9.17, 15) is 0 Å². The van der Waals surface area contributed by atoms with Gasteiger partial charge in [-0.25, -0.2) is 0 Å². The van der Waals surface area contributed by atoms with E-state index in [1.807, 2.05) is 0 Å². The van der Waals surface area contributed by atoms with Gasteiger partial charge in [0, 0.05) is 0 Å². The molecule has 0 heterocycles. The fourth-order valence-corrected chi connectivity index (χ4v) is 4.13. The van der Waals surface area contributed by atoms with E-state index in [2.05, 4.69) is 97.6 Å². The van der Waals surface area contributed by atoms with Crippen LogP contribution in [0.15, 0.2) is 60.7 Å². The topological polar surface area (TPSA) is 0 Å². The molecule has 0 bridgehead atoms. The van der Waals surface area contributed by atoms with Gasteiger partial charge in [-0.2, -0.15) is 0 Å². The first kappa shape index (κ1) is 20.1. The van der Waals surface area contributed by atoms with Gasteiger partial charge in [-0.05, 0) is 69.2 Å². The monoisotopic (exact) mass is 414 g/mol. The standard InChI is InChI=1S/C22H26P4/c23-11-15-5-16(12-24)8-21(7-15)19-1-2-20(4-3-19)22-9-17(13-25)6-18(10-22)14-26/h1-10H,11-14,23-26H2. The molecule has 4 atom stereocenters. The van der Waals surface area contributed by atoms with Crippen LogP contribution in [0.1, 0.15) is 22.3 Å². The molecule has 0 spiro atoms. The minimum absolute atomic E-state index is 0.989. The molecule has 0 aromatic heterocycles. The second-order valence-electron chi connectivity index (χ2n) is 6.47. The predicted molar refractivity (Wildman–Crippen MR) is 131 cm³/mol. The molecule has 0 saturated heterocycles. The lowest BCUT2D eigenvalue weighted by Gasteiger charge is -2.11. The third kappa shape index (κ3) is 4.80. The van der Waals surface area contributed by atoms with E-state index in [-0.39, 0.29) is 0 Å². The Morgan fingerprint density at radius 2 is 0.654 bits per heavy atom. The number of hydrogen-bond acceptors (Lipinski definition) is 0. The minimum atomic E-state index is 0.989. The molecule has 0 amide bonds. The average Bonchev–Trinajstić information content (AvgIpc) is 2.72. The molecular formula is C22H26P4. The van der Waals surface area contributed by atoms with Crippen molar-refractivity contribution in [3.8, 4) is 22.3 Å². The van der Waals surface area contributed by atoms with Gasteiger partial charge in [0.1, 0.15) is 0 Å². The molecule has 0 fully saturated rings. The molecule has 0 aliphatic rings. The van der Waals surface area contributed by atoms with Gasteiger partial charge in [-0.3, -0.25) is 0 Å². The Labute approximate surface area is 166 Å². The molecule has 4 heteroatoms. The van der Waals surface area contributed by atoms with Crippen molar-refractivity contribution in [3.63, 3.8) is 0 Å². The molecule has 0 radical (unpaired) electrons. The molecule has 0 saturated carbocycles. The van der Waals surface area contributed by atoms with Crippen molar-refractivity contribution in [3.05, 3.63) is 82.9 Å². The lowest BCUT2D eigenvalue weighted by molar-refractivity contribution is 1.33. The number of rotatable bonds is 6. The van der Waals surface area contributed by atoms with Crippen molar-refractivity contribution in [2.45, 2.75) is 24.6 Å². The van der Waals surface area contributed by atoms with Gasteiger partial charge in [-0.15, -0.1) is 37.0 Å². The Morgan fingerprint density at radius 3 is 0.885 bits per heavy atom. The van der Waals surface area contributed by atoms with Crippen LogP contribution in [0, 0.1) is 0 Å². The first-order valence-electron chi connectivity index (χ1n) is 8.83. The molecule has 0 N–H and O–H groups in total. The zero-order chi connectivity index (χ0) is 18.5. The second-order valence-corrected chi connectivity index (χ2v) is 8.10. The summed E-state index contributed by atoms with van der Waals surface area (Å²) in [7, 11) is 11.3. The van der Waals surface area contributed by atoms with Crippen LogP contribution in [0.25, 0.3) is 22.3 Å². The molecule has 4 unspecified atom stereocenters. The highest BCUT2D eigenvalue weighted by Crippen LogP contribution is 2.29. The van der Waals surface area contributed by atoms with Crippen molar-refractivity contribution >= 4 is 37.0 Å². The maximum atomic E-state index is 2.83. The third-order valence-electron chi connectivity index (χ3n) is 4.60. The molecule has 0 nitrogen and oxygen atoms in total. The summed E-state index contributed by atoms with van der Waals surface area (Å²) >= 11 is 0. The van der Waals surface area contributed by atoms with Crippen molar-refractivity contribution < 1.29 is 0 Å². The summed E-state index contributed by atoms with van der Waals surface area (Å²) in [5, 5.41) is 0. The van der Waals surface area contributed by atoms with E-state index in [0.29, 0.717) is 0 Å². The summed E-state index contributed by atoms with van der Waals surface area (Å²) in [6, 6.07) is 22.8. The molecule has 3 aromatic carbocycles. The molecule has 0 aliphatic heterocycles. The van der Waals surface area contributed by atoms with E-state index < -0.39 is 0 Å². The highest BCUT2D eigenvalue weighted by atomic mass is 31.0. The SMILES string of the molecule is PCc1cc(CP)cc(-c2ccc(-c3cc(CP)cc(CP)c3)cc2)c1. The predicted octanol–water partition coefficient (Wildman–Crippen LogP) is 6.52. The van der Waals surface area contributed by atoms with E-state index in [1.165, 1.54) is 44.5 Å². The Bertz CT molecular complexity index is 766. The van der Waals surface area contributed by atoms with E-state index in [1.54, 1.807) is 0 Å². The molecule has 134 valence electrons. The van der Waals surface area contributed by atoms with Gasteiger partial charge in [0.25, 0.3) is 0 Å². The molecule has 3 aromatic rings. The summed E-state index contributed by atoms with van der Waals surface area (Å²) in [4.78, 5) is 0. The van der Waals surface area contributed by atoms with Gasteiger partial charge in [-0.1, -0.05) is 60.7 Å². The zero-order valence-corrected chi connectivity index (χ0v) is 19.5. The Kier molecular flexibility index (Phi) is 7.38. The molecular weight excluding hydrogens is 388 g/mol. The Balaban J connectivity index is 1.97. The molecule has 0 aliphatic carbocycles. The van der Waals surface area contributed by atoms with Crippen LogP contribution >= 0.6 is 37.0 Å². The Morgan fingerprint density at radius 1 is 0.385 bits per heavy atom. The first-order chi connectivity index (χ1) is 12.7. The normalized spacial score (nSPS) is 10.9. The van der Waals surface area contributed by atoms with Gasteiger partial charge in [0.15, 0.2) is 0 Å². The van der Waals surface area contributed by atoms with Crippen LogP contribution in [0.5, 0.6) is 0 Å². The summed E-state index contributed by atoms with van der Waals surface area (Å²) < 4.78 is 0. The number of benzene rings is 3. The van der Waals surface area contributed by atoms with Crippen molar-refractivity contribution in [2.75, 3.05) is 0 Å². The summed E-state index contributed by atoms with van der Waals surface area (Å²) in [5.41, 5.74) is 10.6. The smallest absolute Gasteiger partial charge is 0.0128 e. The summed E-state index contributed by atoms with van der Waals surface area (Å²) in [6.45, 7) is 0. The van der Waals surface area contributed by atoms with Crippen LogP contribution in [-0.2, 0) is 24.6 Å².